The maximum absolute atomic E-state index is 14.4. The highest BCUT2D eigenvalue weighted by atomic mass is 35.5. The zero-order valence-electron chi connectivity index (χ0n) is 16.5. The van der Waals surface area contributed by atoms with Crippen LogP contribution in [-0.2, 0) is 16.9 Å². The third-order valence-corrected chi connectivity index (χ3v) is 6.31. The Bertz CT molecular complexity index is 1160. The van der Waals surface area contributed by atoms with Gasteiger partial charge < -0.3 is 10.0 Å². The molecule has 1 N–H and O–H groups in total. The molecule has 1 amide bonds. The Kier molecular flexibility index (Phi) is 5.60. The number of amides is 1. The zero-order valence-corrected chi connectivity index (χ0v) is 18.0. The number of hydrogen-bond acceptors (Lipinski definition) is 3. The lowest BCUT2D eigenvalue weighted by Gasteiger charge is -2.28. The van der Waals surface area contributed by atoms with Crippen molar-refractivity contribution in [2.24, 2.45) is 5.92 Å². The summed E-state index contributed by atoms with van der Waals surface area (Å²) >= 11 is 12.1. The van der Waals surface area contributed by atoms with Crippen LogP contribution in [0.3, 0.4) is 0 Å². The molecular weight excluding hydrogens is 440 g/mol. The minimum absolute atomic E-state index is 0.133. The van der Waals surface area contributed by atoms with Gasteiger partial charge in [0, 0.05) is 26.7 Å². The monoisotopic (exact) mass is 457 g/mol. The van der Waals surface area contributed by atoms with E-state index in [0.717, 1.165) is 0 Å². The number of nitrogens with zero attached hydrogens (tertiary/aromatic N) is 1. The summed E-state index contributed by atoms with van der Waals surface area (Å²) in [6.07, 6.45) is 0. The molecule has 0 spiro atoms. The molecule has 4 rings (SSSR count). The van der Waals surface area contributed by atoms with Gasteiger partial charge in [0.2, 0.25) is 0 Å². The van der Waals surface area contributed by atoms with Crippen LogP contribution in [-0.4, -0.2) is 16.8 Å². The van der Waals surface area contributed by atoms with E-state index in [9.17, 15) is 19.1 Å². The number of carbonyl (C=O) groups excluding carboxylic acids is 2. The quantitative estimate of drug-likeness (QED) is 0.522. The number of anilines is 1. The van der Waals surface area contributed by atoms with Gasteiger partial charge in [0.25, 0.3) is 5.91 Å². The molecule has 1 aliphatic heterocycles. The number of rotatable bonds is 5. The van der Waals surface area contributed by atoms with Crippen molar-refractivity contribution in [1.82, 2.24) is 0 Å². The maximum Gasteiger partial charge on any atom is 0.264 e. The molecule has 2 atom stereocenters. The van der Waals surface area contributed by atoms with E-state index in [1.807, 2.05) is 0 Å². The summed E-state index contributed by atoms with van der Waals surface area (Å²) in [5.41, 5.74) is -0.947. The van der Waals surface area contributed by atoms with Gasteiger partial charge in [-0.3, -0.25) is 9.59 Å². The fraction of sp³-hybridized carbons (Fsp3) is 0.167. The summed E-state index contributed by atoms with van der Waals surface area (Å²) in [6.45, 7) is 1.33. The van der Waals surface area contributed by atoms with E-state index in [1.54, 1.807) is 48.5 Å². The Morgan fingerprint density at radius 3 is 2.42 bits per heavy atom. The van der Waals surface area contributed by atoms with Crippen LogP contribution >= 0.6 is 23.2 Å². The predicted molar refractivity (Wildman–Crippen MR) is 118 cm³/mol. The van der Waals surface area contributed by atoms with Gasteiger partial charge >= 0.3 is 0 Å². The van der Waals surface area contributed by atoms with Crippen molar-refractivity contribution in [3.05, 3.63) is 99.3 Å². The number of Topliss-reactive ketones (excluding diaryl/α,β-unsaturated/α-hetero) is 1. The molecule has 1 heterocycles. The summed E-state index contributed by atoms with van der Waals surface area (Å²) in [4.78, 5) is 27.9. The summed E-state index contributed by atoms with van der Waals surface area (Å²) < 4.78 is 14.4. The molecule has 0 bridgehead atoms. The molecule has 1 aliphatic rings. The van der Waals surface area contributed by atoms with Crippen LogP contribution in [0, 0.1) is 11.7 Å². The summed E-state index contributed by atoms with van der Waals surface area (Å²) in [7, 11) is 0. The van der Waals surface area contributed by atoms with Crippen LogP contribution in [0.4, 0.5) is 10.1 Å². The SMILES string of the molecule is CC(C(=O)c1ccc(Cl)cc1)[C@]1(O)C(=O)N(Cc2c(F)cccc2Cl)c2ccccc21. The fourth-order valence-corrected chi connectivity index (χ4v) is 4.28. The Balaban J connectivity index is 1.76. The summed E-state index contributed by atoms with van der Waals surface area (Å²) in [5, 5.41) is 12.2. The van der Waals surface area contributed by atoms with E-state index in [4.69, 9.17) is 23.2 Å². The fourth-order valence-electron chi connectivity index (χ4n) is 3.93. The van der Waals surface area contributed by atoms with Crippen molar-refractivity contribution in [2.75, 3.05) is 4.90 Å². The first-order chi connectivity index (χ1) is 14.7. The molecule has 0 fully saturated rings. The maximum atomic E-state index is 14.4. The lowest BCUT2D eigenvalue weighted by atomic mass is 9.79. The van der Waals surface area contributed by atoms with Crippen LogP contribution in [0.25, 0.3) is 0 Å². The highest BCUT2D eigenvalue weighted by Gasteiger charge is 2.55. The predicted octanol–water partition coefficient (Wildman–Crippen LogP) is 5.39. The Morgan fingerprint density at radius 1 is 1.06 bits per heavy atom. The first-order valence-electron chi connectivity index (χ1n) is 9.61. The number of fused-ring (bicyclic) bond motifs is 1. The third kappa shape index (κ3) is 3.53. The van der Waals surface area contributed by atoms with Crippen molar-refractivity contribution in [2.45, 2.75) is 19.1 Å². The van der Waals surface area contributed by atoms with Gasteiger partial charge in [-0.2, -0.15) is 0 Å². The molecule has 3 aromatic rings. The number of carbonyl (C=O) groups is 2. The lowest BCUT2D eigenvalue weighted by Crippen LogP contribution is -2.47. The molecule has 4 nitrogen and oxygen atoms in total. The molecule has 1 unspecified atom stereocenters. The highest BCUT2D eigenvalue weighted by Crippen LogP contribution is 2.46. The summed E-state index contributed by atoms with van der Waals surface area (Å²) in [6, 6.07) is 17.1. The second-order valence-corrected chi connectivity index (χ2v) is 8.31. The number of aliphatic hydroxyl groups is 1. The van der Waals surface area contributed by atoms with Crippen molar-refractivity contribution >= 4 is 40.6 Å². The molecule has 7 heteroatoms. The Morgan fingerprint density at radius 2 is 1.74 bits per heavy atom. The molecule has 0 aliphatic carbocycles. The van der Waals surface area contributed by atoms with Crippen LogP contribution in [0.5, 0.6) is 0 Å². The van der Waals surface area contributed by atoms with Gasteiger partial charge in [-0.1, -0.05) is 54.4 Å². The van der Waals surface area contributed by atoms with Gasteiger partial charge in [-0.25, -0.2) is 4.39 Å². The smallest absolute Gasteiger partial charge is 0.264 e. The van der Waals surface area contributed by atoms with Crippen LogP contribution < -0.4 is 4.90 Å². The van der Waals surface area contributed by atoms with Crippen molar-refractivity contribution < 1.29 is 19.1 Å². The van der Waals surface area contributed by atoms with Crippen LogP contribution in [0.2, 0.25) is 10.0 Å². The molecule has 158 valence electrons. The average molecular weight is 458 g/mol. The number of hydrogen-bond donors (Lipinski definition) is 1. The van der Waals surface area contributed by atoms with Gasteiger partial charge in [0.15, 0.2) is 11.4 Å². The van der Waals surface area contributed by atoms with Crippen molar-refractivity contribution in [3.63, 3.8) is 0 Å². The van der Waals surface area contributed by atoms with Gasteiger partial charge in [0.05, 0.1) is 18.2 Å². The molecular formula is C24H18Cl2FNO3. The summed E-state index contributed by atoms with van der Waals surface area (Å²) in [5.74, 6) is -2.77. The lowest BCUT2D eigenvalue weighted by molar-refractivity contribution is -0.139. The second-order valence-electron chi connectivity index (χ2n) is 7.47. The minimum Gasteiger partial charge on any atom is -0.375 e. The highest BCUT2D eigenvalue weighted by molar-refractivity contribution is 6.31. The number of para-hydroxylation sites is 1. The number of benzene rings is 3. The van der Waals surface area contributed by atoms with Crippen LogP contribution in [0.1, 0.15) is 28.4 Å². The van der Waals surface area contributed by atoms with Gasteiger partial charge in [-0.15, -0.1) is 0 Å². The third-order valence-electron chi connectivity index (χ3n) is 5.70. The van der Waals surface area contributed by atoms with Gasteiger partial charge in [0.1, 0.15) is 5.82 Å². The van der Waals surface area contributed by atoms with E-state index in [-0.39, 0.29) is 17.1 Å². The van der Waals surface area contributed by atoms with E-state index in [2.05, 4.69) is 0 Å². The number of halogens is 3. The molecule has 0 aromatic heterocycles. The van der Waals surface area contributed by atoms with E-state index >= 15 is 0 Å². The average Bonchev–Trinajstić information content (AvgIpc) is 2.98. The largest absolute Gasteiger partial charge is 0.375 e. The Hall–Kier alpha value is -2.73. The molecule has 0 saturated carbocycles. The van der Waals surface area contributed by atoms with Crippen molar-refractivity contribution in [3.8, 4) is 0 Å². The zero-order chi connectivity index (χ0) is 22.3. The topological polar surface area (TPSA) is 57.6 Å². The standard InChI is InChI=1S/C24H18Cl2FNO3/c1-14(22(29)15-9-11-16(25)12-10-15)24(31)18-5-2-3-8-21(18)28(23(24)30)13-17-19(26)6-4-7-20(17)27/h2-12,14,31H,13H2,1H3/t14?,24-/m1/s1. The van der Waals surface area contributed by atoms with E-state index < -0.39 is 29.0 Å². The number of ketones is 1. The van der Waals surface area contributed by atoms with Crippen molar-refractivity contribution in [1.29, 1.82) is 0 Å². The minimum atomic E-state index is -2.11. The van der Waals surface area contributed by atoms with Gasteiger partial charge in [-0.05, 0) is 42.5 Å². The molecule has 0 radical (unpaired) electrons. The molecule has 3 aromatic carbocycles. The van der Waals surface area contributed by atoms with Crippen LogP contribution in [0.15, 0.2) is 66.7 Å². The first-order valence-corrected chi connectivity index (χ1v) is 10.4. The molecule has 0 saturated heterocycles. The first kappa shape index (κ1) is 21.5. The molecule has 31 heavy (non-hydrogen) atoms. The van der Waals surface area contributed by atoms with E-state index in [0.29, 0.717) is 21.8 Å². The Labute approximate surface area is 188 Å². The normalized spacial score (nSPS) is 18.7. The second kappa shape index (κ2) is 8.08. The van der Waals surface area contributed by atoms with E-state index in [1.165, 1.54) is 30.0 Å².